The first-order valence-corrected chi connectivity index (χ1v) is 9.49. The summed E-state index contributed by atoms with van der Waals surface area (Å²) in [5.41, 5.74) is 1.89. The summed E-state index contributed by atoms with van der Waals surface area (Å²) in [6, 6.07) is 10.7. The Bertz CT molecular complexity index is 978. The Morgan fingerprint density at radius 3 is 2.70 bits per heavy atom. The lowest BCUT2D eigenvalue weighted by molar-refractivity contribution is 0.0520. The van der Waals surface area contributed by atoms with Crippen LogP contribution < -0.4 is 4.74 Å². The fourth-order valence-electron chi connectivity index (χ4n) is 2.36. The van der Waals surface area contributed by atoms with E-state index in [1.807, 2.05) is 12.1 Å². The normalized spacial score (nSPS) is 10.7. The Hall–Kier alpha value is -2.09. The van der Waals surface area contributed by atoms with Crippen LogP contribution >= 0.6 is 39.1 Å². The molecular weight excluding hydrogens is 457 g/mol. The molecule has 0 radical (unpaired) electrons. The smallest absolute Gasteiger partial charge is 0.361 e. The quantitative estimate of drug-likeness (QED) is 0.495. The average Bonchev–Trinajstić information content (AvgIpc) is 3.13. The summed E-state index contributed by atoms with van der Waals surface area (Å²) in [6.07, 6.45) is 0. The third-order valence-electron chi connectivity index (χ3n) is 3.59. The molecule has 2 aromatic carbocycles. The van der Waals surface area contributed by atoms with Crippen LogP contribution in [0.25, 0.3) is 11.3 Å². The van der Waals surface area contributed by atoms with E-state index in [1.54, 1.807) is 31.2 Å². The Morgan fingerprint density at radius 2 is 1.96 bits per heavy atom. The van der Waals surface area contributed by atoms with Gasteiger partial charge in [-0.2, -0.15) is 10.3 Å². The summed E-state index contributed by atoms with van der Waals surface area (Å²) in [7, 11) is 0. The molecule has 3 rings (SSSR count). The van der Waals surface area contributed by atoms with E-state index in [9.17, 15) is 4.79 Å². The molecule has 6 nitrogen and oxygen atoms in total. The van der Waals surface area contributed by atoms with E-state index >= 15 is 0 Å². The van der Waals surface area contributed by atoms with Crippen LogP contribution in [-0.2, 0) is 11.3 Å². The van der Waals surface area contributed by atoms with E-state index in [0.717, 1.165) is 10.0 Å². The number of H-pyrrole nitrogens is 1. The lowest BCUT2D eigenvalue weighted by Gasteiger charge is -2.12. The van der Waals surface area contributed by atoms with Crippen LogP contribution in [0.4, 0.5) is 0 Å². The minimum absolute atomic E-state index is 0.0920. The molecule has 0 aliphatic carbocycles. The van der Waals surface area contributed by atoms with E-state index in [1.165, 1.54) is 0 Å². The third-order valence-corrected chi connectivity index (χ3v) is 4.82. The molecule has 0 atom stereocenters. The molecule has 0 aliphatic heterocycles. The van der Waals surface area contributed by atoms with Crippen LogP contribution in [0, 0.1) is 0 Å². The number of carbonyl (C=O) groups excluding carboxylic acids is 1. The van der Waals surface area contributed by atoms with Gasteiger partial charge >= 0.3 is 5.97 Å². The predicted octanol–water partition coefficient (Wildman–Crippen LogP) is 5.30. The molecule has 0 aliphatic rings. The molecule has 140 valence electrons. The van der Waals surface area contributed by atoms with Crippen molar-refractivity contribution in [1.82, 2.24) is 15.4 Å². The van der Waals surface area contributed by atoms with Gasteiger partial charge in [-0.3, -0.25) is 0 Å². The van der Waals surface area contributed by atoms with Crippen molar-refractivity contribution in [2.75, 3.05) is 6.61 Å². The molecule has 1 heterocycles. The van der Waals surface area contributed by atoms with Crippen molar-refractivity contribution < 1.29 is 14.3 Å². The Morgan fingerprint density at radius 1 is 1.15 bits per heavy atom. The number of halogens is 3. The molecule has 1 aromatic heterocycles. The highest BCUT2D eigenvalue weighted by Crippen LogP contribution is 2.34. The fourth-order valence-corrected chi connectivity index (χ4v) is 3.05. The number of hydrogen-bond donors (Lipinski definition) is 1. The first kappa shape index (κ1) is 19.7. The van der Waals surface area contributed by atoms with Gasteiger partial charge in [0.15, 0.2) is 5.69 Å². The number of carbonyl (C=O) groups is 1. The van der Waals surface area contributed by atoms with Gasteiger partial charge in [-0.15, -0.1) is 5.10 Å². The number of benzene rings is 2. The molecule has 0 saturated carbocycles. The monoisotopic (exact) mass is 469 g/mol. The van der Waals surface area contributed by atoms with Gasteiger partial charge in [0.2, 0.25) is 0 Å². The molecule has 0 unspecified atom stereocenters. The zero-order chi connectivity index (χ0) is 19.4. The SMILES string of the molecule is CCOC(=O)c1n[nH]nc1-c1cc(Br)ccc1OCc1ccc(Cl)c(Cl)c1. The number of esters is 1. The Labute approximate surface area is 173 Å². The van der Waals surface area contributed by atoms with Crippen LogP contribution in [0.5, 0.6) is 5.75 Å². The van der Waals surface area contributed by atoms with E-state index in [4.69, 9.17) is 32.7 Å². The standard InChI is InChI=1S/C18H14BrCl2N3O3/c1-2-26-18(25)17-16(22-24-23-17)12-8-11(19)4-6-15(12)27-9-10-3-5-13(20)14(21)7-10/h3-8H,2,9H2,1H3,(H,22,23,24). The van der Waals surface area contributed by atoms with Crippen LogP contribution in [0.15, 0.2) is 40.9 Å². The van der Waals surface area contributed by atoms with Gasteiger partial charge in [0, 0.05) is 10.0 Å². The van der Waals surface area contributed by atoms with Gasteiger partial charge in [-0.25, -0.2) is 4.79 Å². The molecule has 0 saturated heterocycles. The van der Waals surface area contributed by atoms with Gasteiger partial charge in [-0.1, -0.05) is 45.2 Å². The highest BCUT2D eigenvalue weighted by atomic mass is 79.9. The number of rotatable bonds is 6. The molecule has 0 bridgehead atoms. The topological polar surface area (TPSA) is 77.1 Å². The largest absolute Gasteiger partial charge is 0.488 e. The molecule has 27 heavy (non-hydrogen) atoms. The molecule has 3 aromatic rings. The van der Waals surface area contributed by atoms with Crippen molar-refractivity contribution >= 4 is 45.1 Å². The van der Waals surface area contributed by atoms with Crippen LogP contribution in [0.1, 0.15) is 23.0 Å². The molecule has 0 spiro atoms. The summed E-state index contributed by atoms with van der Waals surface area (Å²) in [5.74, 6) is -0.0274. The van der Waals surface area contributed by atoms with Gasteiger partial charge < -0.3 is 9.47 Å². The van der Waals surface area contributed by atoms with Crippen LogP contribution in [0.2, 0.25) is 10.0 Å². The maximum Gasteiger partial charge on any atom is 0.361 e. The maximum atomic E-state index is 12.1. The lowest BCUT2D eigenvalue weighted by Crippen LogP contribution is -2.07. The molecule has 1 N–H and O–H groups in total. The van der Waals surface area contributed by atoms with Gasteiger partial charge in [-0.05, 0) is 42.8 Å². The molecule has 0 fully saturated rings. The molecule has 0 amide bonds. The number of aromatic nitrogens is 3. The van der Waals surface area contributed by atoms with Crippen LogP contribution in [-0.4, -0.2) is 28.0 Å². The minimum Gasteiger partial charge on any atom is -0.488 e. The summed E-state index contributed by atoms with van der Waals surface area (Å²) in [4.78, 5) is 12.1. The zero-order valence-corrected chi connectivity index (χ0v) is 17.2. The first-order valence-electron chi connectivity index (χ1n) is 7.94. The lowest BCUT2D eigenvalue weighted by atomic mass is 10.1. The van der Waals surface area contributed by atoms with Gasteiger partial charge in [0.1, 0.15) is 18.1 Å². The molecule has 9 heteroatoms. The van der Waals surface area contributed by atoms with Crippen molar-refractivity contribution in [1.29, 1.82) is 0 Å². The molecular formula is C18H14BrCl2N3O3. The first-order chi connectivity index (χ1) is 13.0. The van der Waals surface area contributed by atoms with E-state index < -0.39 is 5.97 Å². The van der Waals surface area contributed by atoms with Crippen molar-refractivity contribution in [2.24, 2.45) is 0 Å². The van der Waals surface area contributed by atoms with Gasteiger partial charge in [0.05, 0.1) is 16.7 Å². The summed E-state index contributed by atoms with van der Waals surface area (Å²) in [6.45, 7) is 2.23. The number of aromatic amines is 1. The maximum absolute atomic E-state index is 12.1. The van der Waals surface area contributed by atoms with Crippen LogP contribution in [0.3, 0.4) is 0 Å². The summed E-state index contributed by atoms with van der Waals surface area (Å²) < 4.78 is 11.8. The second-order valence-corrected chi connectivity index (χ2v) is 7.15. The fraction of sp³-hybridized carbons (Fsp3) is 0.167. The second-order valence-electron chi connectivity index (χ2n) is 5.42. The summed E-state index contributed by atoms with van der Waals surface area (Å²) >= 11 is 15.4. The highest BCUT2D eigenvalue weighted by molar-refractivity contribution is 9.10. The Balaban J connectivity index is 1.91. The van der Waals surface area contributed by atoms with Crippen molar-refractivity contribution in [3.63, 3.8) is 0 Å². The zero-order valence-electron chi connectivity index (χ0n) is 14.1. The summed E-state index contributed by atoms with van der Waals surface area (Å²) in [5, 5.41) is 11.4. The third kappa shape index (κ3) is 4.61. The van der Waals surface area contributed by atoms with Crippen molar-refractivity contribution in [2.45, 2.75) is 13.5 Å². The second kappa shape index (κ2) is 8.73. The van der Waals surface area contributed by atoms with E-state index in [0.29, 0.717) is 27.1 Å². The van der Waals surface area contributed by atoms with E-state index in [2.05, 4.69) is 31.3 Å². The predicted molar refractivity (Wildman–Crippen MR) is 106 cm³/mol. The highest BCUT2D eigenvalue weighted by Gasteiger charge is 2.22. The number of hydrogen-bond acceptors (Lipinski definition) is 5. The number of nitrogens with one attached hydrogen (secondary N) is 1. The number of nitrogens with zero attached hydrogens (tertiary/aromatic N) is 2. The van der Waals surface area contributed by atoms with Crippen molar-refractivity contribution in [3.8, 4) is 17.0 Å². The minimum atomic E-state index is -0.559. The van der Waals surface area contributed by atoms with Crippen molar-refractivity contribution in [3.05, 3.63) is 62.2 Å². The number of ether oxygens (including phenoxy) is 2. The Kier molecular flexibility index (Phi) is 6.36. The van der Waals surface area contributed by atoms with E-state index in [-0.39, 0.29) is 18.9 Å². The average molecular weight is 471 g/mol. The van der Waals surface area contributed by atoms with Gasteiger partial charge in [0.25, 0.3) is 0 Å².